The average Bonchev–Trinajstić information content (AvgIpc) is 2.08. The van der Waals surface area contributed by atoms with Crippen molar-refractivity contribution in [2.45, 2.75) is 6.42 Å². The van der Waals surface area contributed by atoms with Crippen molar-refractivity contribution in [3.05, 3.63) is 22.7 Å². The maximum absolute atomic E-state index is 10.1. The van der Waals surface area contributed by atoms with E-state index < -0.39 is 5.97 Å². The molecule has 0 aliphatic carbocycles. The Hall–Kier alpha value is -1.41. The number of carboxylic acids is 1. The third kappa shape index (κ3) is 3.67. The fourth-order valence-electron chi connectivity index (χ4n) is 0.587. The van der Waals surface area contributed by atoms with Crippen molar-refractivity contribution in [3.63, 3.8) is 0 Å². The molecule has 0 bridgehead atoms. The molecule has 0 amide bonds. The van der Waals surface area contributed by atoms with Gasteiger partial charge in [0.15, 0.2) is 0 Å². The molecule has 0 aliphatic heterocycles. The Balaban J connectivity index is 2.67. The Bertz CT molecular complexity index is 364. The van der Waals surface area contributed by atoms with Gasteiger partial charge >= 0.3 is 5.97 Å². The highest BCUT2D eigenvalue weighted by molar-refractivity contribution is 9.10. The number of rotatable bonds is 1. The Kier molecular flexibility index (Phi) is 3.41. The van der Waals surface area contributed by atoms with Gasteiger partial charge in [0, 0.05) is 0 Å². The van der Waals surface area contributed by atoms with Crippen LogP contribution in [-0.2, 0) is 4.79 Å². The van der Waals surface area contributed by atoms with Crippen LogP contribution in [0.4, 0.5) is 0 Å². The van der Waals surface area contributed by atoms with Gasteiger partial charge in [-0.1, -0.05) is 5.92 Å². The second kappa shape index (κ2) is 4.58. The first-order valence-corrected chi connectivity index (χ1v) is 4.16. The molecule has 4 nitrogen and oxygen atoms in total. The van der Waals surface area contributed by atoms with E-state index in [9.17, 15) is 4.79 Å². The largest absolute Gasteiger partial charge is 0.481 e. The standard InChI is InChI=1S/C8H5BrN2O2/c9-7-5-10-6(4-11-7)2-1-3-8(12)13/h4-5H,3H2,(H,12,13). The third-order valence-corrected chi connectivity index (χ3v) is 1.49. The van der Waals surface area contributed by atoms with E-state index >= 15 is 0 Å². The monoisotopic (exact) mass is 240 g/mol. The Morgan fingerprint density at radius 3 is 2.85 bits per heavy atom. The van der Waals surface area contributed by atoms with Gasteiger partial charge in [0.2, 0.25) is 0 Å². The minimum atomic E-state index is -0.947. The minimum absolute atomic E-state index is 0.183. The molecule has 0 aromatic carbocycles. The van der Waals surface area contributed by atoms with Crippen molar-refractivity contribution >= 4 is 21.9 Å². The number of aliphatic carboxylic acids is 1. The first-order chi connectivity index (χ1) is 6.18. The van der Waals surface area contributed by atoms with Crippen LogP contribution < -0.4 is 0 Å². The summed E-state index contributed by atoms with van der Waals surface area (Å²) in [6.07, 6.45) is 2.79. The lowest BCUT2D eigenvalue weighted by atomic mass is 10.4. The van der Waals surface area contributed by atoms with Crippen LogP contribution in [-0.4, -0.2) is 21.0 Å². The molecule has 0 radical (unpaired) electrons. The van der Waals surface area contributed by atoms with Gasteiger partial charge in [-0.25, -0.2) is 9.97 Å². The lowest BCUT2D eigenvalue weighted by Crippen LogP contribution is -1.91. The molecule has 0 fully saturated rings. The molecule has 66 valence electrons. The van der Waals surface area contributed by atoms with Gasteiger partial charge in [-0.05, 0) is 21.9 Å². The molecule has 0 saturated carbocycles. The average molecular weight is 241 g/mol. The van der Waals surface area contributed by atoms with E-state index in [1.54, 1.807) is 0 Å². The van der Waals surface area contributed by atoms with E-state index in [2.05, 4.69) is 37.7 Å². The molecule has 13 heavy (non-hydrogen) atoms. The van der Waals surface area contributed by atoms with E-state index in [-0.39, 0.29) is 6.42 Å². The molecule has 0 aliphatic rings. The Labute approximate surface area is 83.2 Å². The highest BCUT2D eigenvalue weighted by Crippen LogP contribution is 2.01. The van der Waals surface area contributed by atoms with Crippen LogP contribution in [0.2, 0.25) is 0 Å². The third-order valence-electron chi connectivity index (χ3n) is 1.08. The van der Waals surface area contributed by atoms with Gasteiger partial charge in [-0.2, -0.15) is 0 Å². The molecule has 0 spiro atoms. The van der Waals surface area contributed by atoms with Crippen molar-refractivity contribution in [2.75, 3.05) is 0 Å². The van der Waals surface area contributed by atoms with Gasteiger partial charge in [-0.3, -0.25) is 4.79 Å². The van der Waals surface area contributed by atoms with E-state index in [0.717, 1.165) is 0 Å². The van der Waals surface area contributed by atoms with Crippen LogP contribution in [0.15, 0.2) is 17.0 Å². The molecule has 1 N–H and O–H groups in total. The van der Waals surface area contributed by atoms with Crippen molar-refractivity contribution in [1.29, 1.82) is 0 Å². The van der Waals surface area contributed by atoms with Crippen LogP contribution in [0, 0.1) is 11.8 Å². The number of halogens is 1. The van der Waals surface area contributed by atoms with E-state index in [0.29, 0.717) is 10.3 Å². The first-order valence-electron chi connectivity index (χ1n) is 3.36. The number of aromatic nitrogens is 2. The summed E-state index contributed by atoms with van der Waals surface area (Å²) in [5.74, 6) is 4.08. The number of hydrogen-bond donors (Lipinski definition) is 1. The van der Waals surface area contributed by atoms with Crippen molar-refractivity contribution < 1.29 is 9.90 Å². The second-order valence-corrected chi connectivity index (χ2v) is 2.91. The number of carboxylic acid groups (broad SMARTS) is 1. The second-order valence-electron chi connectivity index (χ2n) is 2.10. The minimum Gasteiger partial charge on any atom is -0.481 e. The van der Waals surface area contributed by atoms with Crippen LogP contribution in [0.3, 0.4) is 0 Å². The van der Waals surface area contributed by atoms with Gasteiger partial charge in [0.05, 0.1) is 12.4 Å². The molecule has 1 heterocycles. The summed E-state index contributed by atoms with van der Waals surface area (Å²) in [7, 11) is 0. The SMILES string of the molecule is O=C(O)CC#Cc1cnc(Br)cn1. The van der Waals surface area contributed by atoms with Crippen LogP contribution in [0.25, 0.3) is 0 Å². The molecule has 0 unspecified atom stereocenters. The zero-order chi connectivity index (χ0) is 9.68. The molecule has 5 heteroatoms. The molecule has 0 atom stereocenters. The molecular weight excluding hydrogens is 236 g/mol. The summed E-state index contributed by atoms with van der Waals surface area (Å²) in [6, 6.07) is 0. The highest BCUT2D eigenvalue weighted by atomic mass is 79.9. The smallest absolute Gasteiger partial charge is 0.315 e. The summed E-state index contributed by atoms with van der Waals surface area (Å²) < 4.78 is 0.622. The molecule has 1 aromatic rings. The zero-order valence-corrected chi connectivity index (χ0v) is 8.08. The maximum Gasteiger partial charge on any atom is 0.315 e. The number of nitrogens with zero attached hydrogens (tertiary/aromatic N) is 2. The van der Waals surface area contributed by atoms with Crippen LogP contribution in [0.5, 0.6) is 0 Å². The predicted molar refractivity (Wildman–Crippen MR) is 48.9 cm³/mol. The molecular formula is C8H5BrN2O2. The molecule has 1 rings (SSSR count). The van der Waals surface area contributed by atoms with Gasteiger partial charge in [0.25, 0.3) is 0 Å². The van der Waals surface area contributed by atoms with E-state index in [1.807, 2.05) is 0 Å². The summed E-state index contributed by atoms with van der Waals surface area (Å²) in [5.41, 5.74) is 0.462. The van der Waals surface area contributed by atoms with E-state index in [1.165, 1.54) is 12.4 Å². The van der Waals surface area contributed by atoms with Crippen molar-refractivity contribution in [2.24, 2.45) is 0 Å². The van der Waals surface area contributed by atoms with Crippen molar-refractivity contribution in [3.8, 4) is 11.8 Å². The van der Waals surface area contributed by atoms with Gasteiger partial charge in [0.1, 0.15) is 16.7 Å². The maximum atomic E-state index is 10.1. The predicted octanol–water partition coefficient (Wildman–Crippen LogP) is 1.07. The lowest BCUT2D eigenvalue weighted by Gasteiger charge is -1.88. The summed E-state index contributed by atoms with van der Waals surface area (Å²) >= 11 is 3.12. The number of hydrogen-bond acceptors (Lipinski definition) is 3. The summed E-state index contributed by atoms with van der Waals surface area (Å²) in [5, 5.41) is 8.29. The quantitative estimate of drug-likeness (QED) is 0.747. The van der Waals surface area contributed by atoms with Gasteiger partial charge < -0.3 is 5.11 Å². The topological polar surface area (TPSA) is 63.1 Å². The summed E-state index contributed by atoms with van der Waals surface area (Å²) in [6.45, 7) is 0. The fourth-order valence-corrected chi connectivity index (χ4v) is 0.792. The first kappa shape index (κ1) is 9.68. The number of carbonyl (C=O) groups is 1. The van der Waals surface area contributed by atoms with E-state index in [4.69, 9.17) is 5.11 Å². The zero-order valence-electron chi connectivity index (χ0n) is 6.49. The Morgan fingerprint density at radius 2 is 2.31 bits per heavy atom. The molecule has 0 saturated heterocycles. The van der Waals surface area contributed by atoms with Crippen LogP contribution in [0.1, 0.15) is 12.1 Å². The molecule has 1 aromatic heterocycles. The normalized spacial score (nSPS) is 8.69. The van der Waals surface area contributed by atoms with Crippen LogP contribution >= 0.6 is 15.9 Å². The van der Waals surface area contributed by atoms with Crippen molar-refractivity contribution in [1.82, 2.24) is 9.97 Å². The Morgan fingerprint density at radius 1 is 1.54 bits per heavy atom. The lowest BCUT2D eigenvalue weighted by molar-refractivity contribution is -0.135. The fraction of sp³-hybridized carbons (Fsp3) is 0.125. The van der Waals surface area contributed by atoms with Gasteiger partial charge in [-0.15, -0.1) is 0 Å². The summed E-state index contributed by atoms with van der Waals surface area (Å²) in [4.78, 5) is 17.9. The highest BCUT2D eigenvalue weighted by Gasteiger charge is 1.91.